The van der Waals surface area contributed by atoms with Crippen molar-refractivity contribution in [1.82, 2.24) is 0 Å². The van der Waals surface area contributed by atoms with E-state index < -0.39 is 0 Å². The second-order valence-electron chi connectivity index (χ2n) is 6.61. The van der Waals surface area contributed by atoms with Crippen molar-refractivity contribution in [3.05, 3.63) is 48.5 Å². The molecule has 148 valence electrons. The van der Waals surface area contributed by atoms with Gasteiger partial charge < -0.3 is 21.3 Å². The third-order valence-corrected chi connectivity index (χ3v) is 3.88. The van der Waals surface area contributed by atoms with Crippen LogP contribution >= 0.6 is 0 Å². The van der Waals surface area contributed by atoms with Crippen molar-refractivity contribution in [3.8, 4) is 0 Å². The molecular formula is C21H26N4O3. The SMILES string of the molecule is CCC(=O)Nc1cccc(NC(=O)CNc2ccc(NC(=O)C(C)C)cc2)c1. The minimum Gasteiger partial charge on any atom is -0.376 e. The summed E-state index contributed by atoms with van der Waals surface area (Å²) in [4.78, 5) is 35.3. The molecule has 0 atom stereocenters. The summed E-state index contributed by atoms with van der Waals surface area (Å²) in [6, 6.07) is 14.1. The van der Waals surface area contributed by atoms with Gasteiger partial charge in [0.05, 0.1) is 6.54 Å². The second kappa shape index (κ2) is 10.1. The average molecular weight is 382 g/mol. The molecule has 0 aromatic heterocycles. The highest BCUT2D eigenvalue weighted by Gasteiger charge is 2.07. The van der Waals surface area contributed by atoms with Gasteiger partial charge in [-0.15, -0.1) is 0 Å². The number of benzene rings is 2. The molecule has 28 heavy (non-hydrogen) atoms. The minimum absolute atomic E-state index is 0.0440. The Morgan fingerprint density at radius 3 is 1.93 bits per heavy atom. The molecule has 0 bridgehead atoms. The van der Waals surface area contributed by atoms with Crippen LogP contribution in [0.2, 0.25) is 0 Å². The number of rotatable bonds is 8. The van der Waals surface area contributed by atoms with Crippen molar-refractivity contribution in [3.63, 3.8) is 0 Å². The summed E-state index contributed by atoms with van der Waals surface area (Å²) >= 11 is 0. The lowest BCUT2D eigenvalue weighted by atomic mass is 10.2. The zero-order valence-corrected chi connectivity index (χ0v) is 16.3. The Labute approximate surface area is 164 Å². The van der Waals surface area contributed by atoms with Crippen LogP contribution in [0.4, 0.5) is 22.7 Å². The van der Waals surface area contributed by atoms with E-state index in [0.717, 1.165) is 5.69 Å². The van der Waals surface area contributed by atoms with E-state index in [-0.39, 0.29) is 30.2 Å². The Morgan fingerprint density at radius 2 is 1.36 bits per heavy atom. The van der Waals surface area contributed by atoms with Crippen LogP contribution in [0.15, 0.2) is 48.5 Å². The number of hydrogen-bond donors (Lipinski definition) is 4. The molecule has 0 unspecified atom stereocenters. The van der Waals surface area contributed by atoms with Crippen molar-refractivity contribution in [2.24, 2.45) is 5.92 Å². The summed E-state index contributed by atoms with van der Waals surface area (Å²) in [6.07, 6.45) is 0.389. The number of hydrogen-bond acceptors (Lipinski definition) is 4. The maximum Gasteiger partial charge on any atom is 0.243 e. The smallest absolute Gasteiger partial charge is 0.243 e. The van der Waals surface area contributed by atoms with Crippen LogP contribution in [0.5, 0.6) is 0 Å². The lowest BCUT2D eigenvalue weighted by Crippen LogP contribution is -2.22. The fourth-order valence-electron chi connectivity index (χ4n) is 2.27. The van der Waals surface area contributed by atoms with Crippen molar-refractivity contribution in [2.75, 3.05) is 27.8 Å². The van der Waals surface area contributed by atoms with Gasteiger partial charge in [-0.05, 0) is 42.5 Å². The third kappa shape index (κ3) is 6.75. The van der Waals surface area contributed by atoms with Crippen molar-refractivity contribution >= 4 is 40.5 Å². The van der Waals surface area contributed by atoms with E-state index in [1.807, 2.05) is 13.8 Å². The molecule has 2 aromatic rings. The van der Waals surface area contributed by atoms with E-state index in [1.54, 1.807) is 55.5 Å². The molecule has 0 aliphatic heterocycles. The van der Waals surface area contributed by atoms with Gasteiger partial charge in [-0.1, -0.05) is 26.8 Å². The first-order valence-electron chi connectivity index (χ1n) is 9.22. The summed E-state index contributed by atoms with van der Waals surface area (Å²) in [5.41, 5.74) is 2.71. The van der Waals surface area contributed by atoms with Crippen LogP contribution in [0, 0.1) is 5.92 Å². The van der Waals surface area contributed by atoms with Crippen LogP contribution in [0.3, 0.4) is 0 Å². The zero-order valence-electron chi connectivity index (χ0n) is 16.3. The van der Waals surface area contributed by atoms with Gasteiger partial charge in [0.1, 0.15) is 0 Å². The number of nitrogens with one attached hydrogen (secondary N) is 4. The van der Waals surface area contributed by atoms with Crippen LogP contribution in [-0.2, 0) is 14.4 Å². The first kappa shape index (κ1) is 21.0. The molecule has 7 heteroatoms. The van der Waals surface area contributed by atoms with Crippen LogP contribution in [0.1, 0.15) is 27.2 Å². The van der Waals surface area contributed by atoms with Gasteiger partial charge in [-0.3, -0.25) is 14.4 Å². The van der Waals surface area contributed by atoms with E-state index in [0.29, 0.717) is 23.5 Å². The normalized spacial score (nSPS) is 10.3. The second-order valence-corrected chi connectivity index (χ2v) is 6.61. The molecule has 2 aromatic carbocycles. The largest absolute Gasteiger partial charge is 0.376 e. The Hall–Kier alpha value is -3.35. The molecule has 4 N–H and O–H groups in total. The highest BCUT2D eigenvalue weighted by atomic mass is 16.2. The monoisotopic (exact) mass is 382 g/mol. The molecule has 3 amide bonds. The van der Waals surface area contributed by atoms with Gasteiger partial charge in [-0.2, -0.15) is 0 Å². The highest BCUT2D eigenvalue weighted by molar-refractivity contribution is 5.96. The van der Waals surface area contributed by atoms with Gasteiger partial charge in [0.25, 0.3) is 0 Å². The third-order valence-electron chi connectivity index (χ3n) is 3.88. The topological polar surface area (TPSA) is 99.3 Å². The predicted molar refractivity (Wildman–Crippen MR) is 112 cm³/mol. The molecule has 7 nitrogen and oxygen atoms in total. The summed E-state index contributed by atoms with van der Waals surface area (Å²) in [5, 5.41) is 11.4. The fourth-order valence-corrected chi connectivity index (χ4v) is 2.27. The maximum atomic E-state index is 12.1. The van der Waals surface area contributed by atoms with Gasteiger partial charge in [0.2, 0.25) is 17.7 Å². The maximum absolute atomic E-state index is 12.1. The number of carbonyl (C=O) groups excluding carboxylic acids is 3. The molecule has 0 saturated heterocycles. The Kier molecular flexibility index (Phi) is 7.56. The Morgan fingerprint density at radius 1 is 0.786 bits per heavy atom. The van der Waals surface area contributed by atoms with Crippen LogP contribution in [-0.4, -0.2) is 24.3 Å². The fraction of sp³-hybridized carbons (Fsp3) is 0.286. The van der Waals surface area contributed by atoms with Gasteiger partial charge >= 0.3 is 0 Å². The van der Waals surface area contributed by atoms with Gasteiger partial charge in [-0.25, -0.2) is 0 Å². The number of anilines is 4. The molecule has 0 spiro atoms. The highest BCUT2D eigenvalue weighted by Crippen LogP contribution is 2.16. The van der Waals surface area contributed by atoms with Crippen molar-refractivity contribution < 1.29 is 14.4 Å². The number of carbonyl (C=O) groups is 3. The first-order valence-corrected chi connectivity index (χ1v) is 9.22. The summed E-state index contributed by atoms with van der Waals surface area (Å²) in [6.45, 7) is 5.52. The quantitative estimate of drug-likeness (QED) is 0.560. The summed E-state index contributed by atoms with van der Waals surface area (Å²) < 4.78 is 0. The van der Waals surface area contributed by atoms with Gasteiger partial charge in [0, 0.05) is 35.1 Å². The molecule has 0 aliphatic rings. The lowest BCUT2D eigenvalue weighted by molar-refractivity contribution is -0.119. The van der Waals surface area contributed by atoms with Crippen LogP contribution < -0.4 is 21.3 Å². The standard InChI is InChI=1S/C21H26N4O3/c1-4-19(26)23-17-6-5-7-18(12-17)24-20(27)13-22-15-8-10-16(11-9-15)25-21(28)14(2)3/h5-12,14,22H,4,13H2,1-3H3,(H,23,26)(H,24,27)(H,25,28). The average Bonchev–Trinajstić information content (AvgIpc) is 2.67. The molecular weight excluding hydrogens is 356 g/mol. The van der Waals surface area contributed by atoms with E-state index in [4.69, 9.17) is 0 Å². The van der Waals surface area contributed by atoms with E-state index >= 15 is 0 Å². The van der Waals surface area contributed by atoms with Gasteiger partial charge in [0.15, 0.2) is 0 Å². The molecule has 0 heterocycles. The molecule has 0 aliphatic carbocycles. The lowest BCUT2D eigenvalue weighted by Gasteiger charge is -2.11. The minimum atomic E-state index is -0.212. The Balaban J connectivity index is 1.84. The molecule has 0 saturated carbocycles. The Bertz CT molecular complexity index is 832. The molecule has 0 radical (unpaired) electrons. The van der Waals surface area contributed by atoms with Crippen LogP contribution in [0.25, 0.3) is 0 Å². The molecule has 0 fully saturated rings. The van der Waals surface area contributed by atoms with E-state index in [2.05, 4.69) is 21.3 Å². The zero-order chi connectivity index (χ0) is 20.5. The summed E-state index contributed by atoms with van der Waals surface area (Å²) in [5.74, 6) is -0.429. The molecule has 2 rings (SSSR count). The van der Waals surface area contributed by atoms with E-state index in [9.17, 15) is 14.4 Å². The number of amides is 3. The predicted octanol–water partition coefficient (Wildman–Crippen LogP) is 3.68. The summed E-state index contributed by atoms with van der Waals surface area (Å²) in [7, 11) is 0. The van der Waals surface area contributed by atoms with Crippen molar-refractivity contribution in [1.29, 1.82) is 0 Å². The van der Waals surface area contributed by atoms with E-state index in [1.165, 1.54) is 0 Å². The van der Waals surface area contributed by atoms with Crippen molar-refractivity contribution in [2.45, 2.75) is 27.2 Å². The first-order chi connectivity index (χ1) is 13.4.